The van der Waals surface area contributed by atoms with Crippen molar-refractivity contribution in [3.05, 3.63) is 0 Å². The maximum absolute atomic E-state index is 11.9. The molecule has 0 aromatic rings. The number of urea groups is 1. The molecule has 1 heterocycles. The van der Waals surface area contributed by atoms with Crippen LogP contribution in [0.5, 0.6) is 0 Å². The highest BCUT2D eigenvalue weighted by atomic mass is 16.2. The summed E-state index contributed by atoms with van der Waals surface area (Å²) in [6, 6.07) is 0.776. The first kappa shape index (κ1) is 13.3. The zero-order chi connectivity index (χ0) is 12.0. The van der Waals surface area contributed by atoms with Crippen LogP contribution in [0.15, 0.2) is 0 Å². The van der Waals surface area contributed by atoms with Crippen molar-refractivity contribution in [2.24, 2.45) is 0 Å². The lowest BCUT2D eigenvalue weighted by Gasteiger charge is -2.26. The lowest BCUT2D eigenvalue weighted by atomic mass is 10.2. The van der Waals surface area contributed by atoms with Crippen LogP contribution < -0.4 is 10.6 Å². The summed E-state index contributed by atoms with van der Waals surface area (Å²) in [4.78, 5) is 13.9. The lowest BCUT2D eigenvalue weighted by Crippen LogP contribution is -2.47. The van der Waals surface area contributed by atoms with E-state index >= 15 is 0 Å². The highest BCUT2D eigenvalue weighted by molar-refractivity contribution is 5.74. The topological polar surface area (TPSA) is 44.4 Å². The van der Waals surface area contributed by atoms with E-state index in [-0.39, 0.29) is 12.1 Å². The summed E-state index contributed by atoms with van der Waals surface area (Å²) in [6.45, 7) is 8.88. The first-order valence-corrected chi connectivity index (χ1v) is 6.42. The Morgan fingerprint density at radius 3 is 2.81 bits per heavy atom. The molecule has 2 amide bonds. The molecule has 1 saturated heterocycles. The summed E-state index contributed by atoms with van der Waals surface area (Å²) in [7, 11) is 0. The maximum atomic E-state index is 11.9. The zero-order valence-corrected chi connectivity index (χ0v) is 10.8. The van der Waals surface area contributed by atoms with Gasteiger partial charge in [0.15, 0.2) is 0 Å². The van der Waals surface area contributed by atoms with Gasteiger partial charge in [-0.25, -0.2) is 4.79 Å². The van der Waals surface area contributed by atoms with E-state index in [1.54, 1.807) is 0 Å². The van der Waals surface area contributed by atoms with E-state index in [9.17, 15) is 4.79 Å². The zero-order valence-electron chi connectivity index (χ0n) is 10.8. The van der Waals surface area contributed by atoms with Crippen molar-refractivity contribution in [2.45, 2.75) is 52.1 Å². The minimum atomic E-state index is 0.0746. The Morgan fingerprint density at radius 2 is 2.31 bits per heavy atom. The first-order valence-electron chi connectivity index (χ1n) is 6.42. The fraction of sp³-hybridized carbons (Fsp3) is 0.917. The highest BCUT2D eigenvalue weighted by Crippen LogP contribution is 2.07. The van der Waals surface area contributed by atoms with Gasteiger partial charge in [-0.2, -0.15) is 0 Å². The lowest BCUT2D eigenvalue weighted by molar-refractivity contribution is 0.190. The van der Waals surface area contributed by atoms with E-state index in [4.69, 9.17) is 0 Å². The number of hydrogen-bond donors (Lipinski definition) is 2. The molecular formula is C12H25N3O. The van der Waals surface area contributed by atoms with Crippen LogP contribution in [-0.2, 0) is 0 Å². The van der Waals surface area contributed by atoms with Crippen molar-refractivity contribution in [3.63, 3.8) is 0 Å². The van der Waals surface area contributed by atoms with Gasteiger partial charge in [-0.15, -0.1) is 0 Å². The maximum Gasteiger partial charge on any atom is 0.317 e. The molecule has 1 rings (SSSR count). The van der Waals surface area contributed by atoms with Crippen LogP contribution in [0.1, 0.15) is 40.0 Å². The van der Waals surface area contributed by atoms with E-state index < -0.39 is 0 Å². The minimum Gasteiger partial charge on any atom is -0.336 e. The van der Waals surface area contributed by atoms with E-state index in [1.165, 1.54) is 12.8 Å². The average molecular weight is 227 g/mol. The molecule has 1 atom stereocenters. The molecule has 0 aliphatic carbocycles. The molecule has 2 N–H and O–H groups in total. The number of amides is 2. The molecular weight excluding hydrogens is 202 g/mol. The van der Waals surface area contributed by atoms with Crippen LogP contribution in [0.4, 0.5) is 4.79 Å². The summed E-state index contributed by atoms with van der Waals surface area (Å²) < 4.78 is 0. The molecule has 1 aliphatic heterocycles. The third kappa shape index (κ3) is 4.39. The fourth-order valence-corrected chi connectivity index (χ4v) is 2.06. The Labute approximate surface area is 98.8 Å². The summed E-state index contributed by atoms with van der Waals surface area (Å²) in [5, 5.41) is 6.39. The van der Waals surface area contributed by atoms with Crippen LogP contribution >= 0.6 is 0 Å². The van der Waals surface area contributed by atoms with E-state index in [0.29, 0.717) is 6.04 Å². The minimum absolute atomic E-state index is 0.0746. The average Bonchev–Trinajstić information content (AvgIpc) is 2.68. The number of nitrogens with zero attached hydrogens (tertiary/aromatic N) is 1. The predicted octanol–water partition coefficient (Wildman–Crippen LogP) is 1.57. The Hall–Kier alpha value is -0.770. The molecule has 94 valence electrons. The van der Waals surface area contributed by atoms with Crippen molar-refractivity contribution < 1.29 is 4.79 Å². The molecule has 16 heavy (non-hydrogen) atoms. The van der Waals surface area contributed by atoms with E-state index in [0.717, 1.165) is 26.1 Å². The Balaban J connectivity index is 2.41. The van der Waals surface area contributed by atoms with Gasteiger partial charge in [0.2, 0.25) is 0 Å². The monoisotopic (exact) mass is 227 g/mol. The van der Waals surface area contributed by atoms with Crippen LogP contribution in [0.3, 0.4) is 0 Å². The van der Waals surface area contributed by atoms with Crippen molar-refractivity contribution in [1.29, 1.82) is 0 Å². The van der Waals surface area contributed by atoms with Gasteiger partial charge < -0.3 is 15.5 Å². The second-order valence-electron chi connectivity index (χ2n) is 4.84. The molecule has 1 fully saturated rings. The molecule has 4 heteroatoms. The van der Waals surface area contributed by atoms with Crippen LogP contribution in [0.25, 0.3) is 0 Å². The van der Waals surface area contributed by atoms with Crippen molar-refractivity contribution in [2.75, 3.05) is 19.6 Å². The smallest absolute Gasteiger partial charge is 0.317 e. The molecule has 4 nitrogen and oxygen atoms in total. The summed E-state index contributed by atoms with van der Waals surface area (Å²) in [5.41, 5.74) is 0. The third-order valence-corrected chi connectivity index (χ3v) is 2.80. The Morgan fingerprint density at radius 1 is 1.56 bits per heavy atom. The van der Waals surface area contributed by atoms with Crippen molar-refractivity contribution >= 4 is 6.03 Å². The molecule has 1 aliphatic rings. The standard InChI is InChI=1S/C12H25N3O/c1-4-8-15(12(16)14-10(2)3)9-11-6-5-7-13-11/h10-11,13H,4-9H2,1-3H3,(H,14,16). The van der Waals surface area contributed by atoms with Crippen LogP contribution in [0.2, 0.25) is 0 Å². The predicted molar refractivity (Wildman–Crippen MR) is 66.6 cm³/mol. The molecule has 0 bridgehead atoms. The normalized spacial score (nSPS) is 20.1. The van der Waals surface area contributed by atoms with E-state index in [2.05, 4.69) is 17.6 Å². The Kier molecular flexibility index (Phi) is 5.60. The van der Waals surface area contributed by atoms with E-state index in [1.807, 2.05) is 18.7 Å². The molecule has 0 spiro atoms. The number of nitrogens with one attached hydrogen (secondary N) is 2. The number of carbonyl (C=O) groups is 1. The van der Waals surface area contributed by atoms with Gasteiger partial charge in [-0.3, -0.25) is 0 Å². The number of hydrogen-bond acceptors (Lipinski definition) is 2. The van der Waals surface area contributed by atoms with Crippen LogP contribution in [0, 0.1) is 0 Å². The fourth-order valence-electron chi connectivity index (χ4n) is 2.06. The van der Waals surface area contributed by atoms with Gasteiger partial charge in [0.05, 0.1) is 0 Å². The molecule has 0 radical (unpaired) electrons. The summed E-state index contributed by atoms with van der Waals surface area (Å²) in [6.07, 6.45) is 3.43. The second-order valence-corrected chi connectivity index (χ2v) is 4.84. The SMILES string of the molecule is CCCN(CC1CCCN1)C(=O)NC(C)C. The van der Waals surface area contributed by atoms with Gasteiger partial charge in [0.25, 0.3) is 0 Å². The Bertz CT molecular complexity index is 212. The summed E-state index contributed by atoms with van der Waals surface area (Å²) in [5.74, 6) is 0. The first-order chi connectivity index (χ1) is 7.63. The van der Waals surface area contributed by atoms with Crippen molar-refractivity contribution in [1.82, 2.24) is 15.5 Å². The second kappa shape index (κ2) is 6.74. The van der Waals surface area contributed by atoms with Gasteiger partial charge >= 0.3 is 6.03 Å². The summed E-state index contributed by atoms with van der Waals surface area (Å²) >= 11 is 0. The quantitative estimate of drug-likeness (QED) is 0.749. The van der Waals surface area contributed by atoms with Gasteiger partial charge in [0, 0.05) is 25.2 Å². The number of carbonyl (C=O) groups excluding carboxylic acids is 1. The highest BCUT2D eigenvalue weighted by Gasteiger charge is 2.20. The largest absolute Gasteiger partial charge is 0.336 e. The van der Waals surface area contributed by atoms with Gasteiger partial charge in [-0.1, -0.05) is 6.92 Å². The van der Waals surface area contributed by atoms with Gasteiger partial charge in [-0.05, 0) is 39.7 Å². The number of rotatable bonds is 5. The van der Waals surface area contributed by atoms with Gasteiger partial charge in [0.1, 0.15) is 0 Å². The third-order valence-electron chi connectivity index (χ3n) is 2.80. The molecule has 1 unspecified atom stereocenters. The van der Waals surface area contributed by atoms with Crippen molar-refractivity contribution in [3.8, 4) is 0 Å². The molecule has 0 aromatic heterocycles. The van der Waals surface area contributed by atoms with Crippen LogP contribution in [-0.4, -0.2) is 42.6 Å². The molecule has 0 aromatic carbocycles. The molecule has 0 saturated carbocycles.